The molecule has 0 aliphatic carbocycles. The Hall–Kier alpha value is -1.59. The zero-order chi connectivity index (χ0) is 15.2. The van der Waals surface area contributed by atoms with E-state index in [9.17, 15) is 5.11 Å². The van der Waals surface area contributed by atoms with Crippen LogP contribution in [0.3, 0.4) is 0 Å². The summed E-state index contributed by atoms with van der Waals surface area (Å²) in [6.07, 6.45) is 0.816. The first-order valence-electron chi connectivity index (χ1n) is 7.03. The maximum Gasteiger partial charge on any atom is 0.119 e. The first-order valence-corrected chi connectivity index (χ1v) is 7.41. The Kier molecular flexibility index (Phi) is 5.59. The molecule has 2 aromatic rings. The van der Waals surface area contributed by atoms with Gasteiger partial charge in [-0.2, -0.15) is 0 Å². The Morgan fingerprint density at radius 2 is 2.00 bits per heavy atom. The second-order valence-corrected chi connectivity index (χ2v) is 5.55. The van der Waals surface area contributed by atoms with Gasteiger partial charge in [0.1, 0.15) is 11.4 Å². The molecule has 0 bridgehead atoms. The van der Waals surface area contributed by atoms with Gasteiger partial charge in [0.15, 0.2) is 0 Å². The number of aliphatic hydroxyl groups excluding tert-OH is 1. The highest BCUT2D eigenvalue weighted by atomic mass is 35.5. The van der Waals surface area contributed by atoms with E-state index < -0.39 is 0 Å². The molecule has 1 N–H and O–H groups in total. The predicted octanol–water partition coefficient (Wildman–Crippen LogP) is 3.02. The minimum atomic E-state index is -0.0746. The van der Waals surface area contributed by atoms with Crippen molar-refractivity contribution in [1.82, 2.24) is 15.0 Å². The standard InChI is InChI=1S/C15H20ClN3O2/c1-11(2)15-14(10-20)17-18-19(15)8-3-9-21-13-6-4-12(16)5-7-13/h4-7,11,20H,3,8-10H2,1-2H3. The quantitative estimate of drug-likeness (QED) is 0.799. The normalized spacial score (nSPS) is 11.1. The lowest BCUT2D eigenvalue weighted by Crippen LogP contribution is -2.10. The van der Waals surface area contributed by atoms with E-state index >= 15 is 0 Å². The molecule has 6 heteroatoms. The van der Waals surface area contributed by atoms with Gasteiger partial charge in [0.25, 0.3) is 0 Å². The minimum absolute atomic E-state index is 0.0746. The molecule has 0 atom stereocenters. The van der Waals surface area contributed by atoms with Crippen LogP contribution in [-0.4, -0.2) is 26.7 Å². The van der Waals surface area contributed by atoms with Crippen LogP contribution in [-0.2, 0) is 13.2 Å². The average molecular weight is 310 g/mol. The first-order chi connectivity index (χ1) is 10.1. The van der Waals surface area contributed by atoms with Crippen LogP contribution in [0.2, 0.25) is 5.02 Å². The summed E-state index contributed by atoms with van der Waals surface area (Å²) >= 11 is 5.82. The van der Waals surface area contributed by atoms with Crippen molar-refractivity contribution in [2.75, 3.05) is 6.61 Å². The molecular formula is C15H20ClN3O2. The second-order valence-electron chi connectivity index (χ2n) is 5.11. The molecule has 0 aliphatic rings. The third kappa shape index (κ3) is 4.19. The van der Waals surface area contributed by atoms with Crippen molar-refractivity contribution < 1.29 is 9.84 Å². The summed E-state index contributed by atoms with van der Waals surface area (Å²) in [5, 5.41) is 18.1. The molecule has 0 unspecified atom stereocenters. The van der Waals surface area contributed by atoms with Crippen LogP contribution >= 0.6 is 11.6 Å². The molecule has 0 saturated heterocycles. The lowest BCUT2D eigenvalue weighted by molar-refractivity contribution is 0.274. The molecular weight excluding hydrogens is 290 g/mol. The number of aryl methyl sites for hydroxylation is 1. The number of halogens is 1. The van der Waals surface area contributed by atoms with Crippen LogP contribution in [0.4, 0.5) is 0 Å². The van der Waals surface area contributed by atoms with Gasteiger partial charge in [0.2, 0.25) is 0 Å². The van der Waals surface area contributed by atoms with Gasteiger partial charge in [0.05, 0.1) is 18.9 Å². The summed E-state index contributed by atoms with van der Waals surface area (Å²) in [4.78, 5) is 0. The molecule has 0 amide bonds. The van der Waals surface area contributed by atoms with E-state index in [1.54, 1.807) is 12.1 Å². The zero-order valence-corrected chi connectivity index (χ0v) is 13.0. The van der Waals surface area contributed by atoms with Crippen LogP contribution in [0, 0.1) is 0 Å². The Morgan fingerprint density at radius 1 is 1.29 bits per heavy atom. The summed E-state index contributed by atoms with van der Waals surface area (Å²) in [6.45, 7) is 5.37. The van der Waals surface area contributed by atoms with Crippen LogP contribution in [0.1, 0.15) is 37.6 Å². The number of aliphatic hydroxyl groups is 1. The Morgan fingerprint density at radius 3 is 2.62 bits per heavy atom. The van der Waals surface area contributed by atoms with Crippen molar-refractivity contribution in [2.24, 2.45) is 0 Å². The lowest BCUT2D eigenvalue weighted by atomic mass is 10.1. The zero-order valence-electron chi connectivity index (χ0n) is 12.3. The van der Waals surface area contributed by atoms with Gasteiger partial charge in [-0.25, -0.2) is 4.68 Å². The summed E-state index contributed by atoms with van der Waals surface area (Å²) in [5.41, 5.74) is 1.65. The Labute approximate surface area is 129 Å². The highest BCUT2D eigenvalue weighted by Crippen LogP contribution is 2.18. The number of hydrogen-bond donors (Lipinski definition) is 1. The van der Waals surface area contributed by atoms with Gasteiger partial charge < -0.3 is 9.84 Å². The van der Waals surface area contributed by atoms with Crippen molar-refractivity contribution in [2.45, 2.75) is 39.3 Å². The monoisotopic (exact) mass is 309 g/mol. The minimum Gasteiger partial charge on any atom is -0.494 e. The van der Waals surface area contributed by atoms with E-state index in [0.29, 0.717) is 23.9 Å². The maximum absolute atomic E-state index is 9.27. The summed E-state index contributed by atoms with van der Waals surface area (Å²) in [5.74, 6) is 1.08. The highest BCUT2D eigenvalue weighted by molar-refractivity contribution is 6.30. The summed E-state index contributed by atoms with van der Waals surface area (Å²) in [6, 6.07) is 7.31. The van der Waals surface area contributed by atoms with Gasteiger partial charge in [-0.3, -0.25) is 0 Å². The third-order valence-corrected chi connectivity index (χ3v) is 3.39. The molecule has 0 radical (unpaired) electrons. The maximum atomic E-state index is 9.27. The van der Waals surface area contributed by atoms with Crippen molar-refractivity contribution in [3.63, 3.8) is 0 Å². The summed E-state index contributed by atoms with van der Waals surface area (Å²) < 4.78 is 7.50. The van der Waals surface area contributed by atoms with E-state index in [4.69, 9.17) is 16.3 Å². The number of hydrogen-bond acceptors (Lipinski definition) is 4. The van der Waals surface area contributed by atoms with E-state index in [-0.39, 0.29) is 12.5 Å². The summed E-state index contributed by atoms with van der Waals surface area (Å²) in [7, 11) is 0. The smallest absolute Gasteiger partial charge is 0.119 e. The van der Waals surface area contributed by atoms with Gasteiger partial charge in [0, 0.05) is 18.0 Å². The first kappa shape index (κ1) is 15.8. The van der Waals surface area contributed by atoms with Gasteiger partial charge in [-0.05, 0) is 30.2 Å². The molecule has 0 aliphatic heterocycles. The number of benzene rings is 1. The number of nitrogens with zero attached hydrogens (tertiary/aromatic N) is 3. The van der Waals surface area contributed by atoms with E-state index in [1.165, 1.54) is 0 Å². The topological polar surface area (TPSA) is 60.2 Å². The molecule has 5 nitrogen and oxygen atoms in total. The van der Waals surface area contributed by atoms with Crippen LogP contribution in [0.25, 0.3) is 0 Å². The SMILES string of the molecule is CC(C)c1c(CO)nnn1CCCOc1ccc(Cl)cc1. The molecule has 0 spiro atoms. The fourth-order valence-electron chi connectivity index (χ4n) is 2.20. The molecule has 1 aromatic carbocycles. The Balaban J connectivity index is 1.86. The molecule has 1 aromatic heterocycles. The molecule has 0 saturated carbocycles. The lowest BCUT2D eigenvalue weighted by Gasteiger charge is -2.11. The van der Waals surface area contributed by atoms with Crippen molar-refractivity contribution in [3.8, 4) is 5.75 Å². The fraction of sp³-hybridized carbons (Fsp3) is 0.467. The molecule has 0 fully saturated rings. The fourth-order valence-corrected chi connectivity index (χ4v) is 2.33. The molecule has 1 heterocycles. The molecule has 21 heavy (non-hydrogen) atoms. The van der Waals surface area contributed by atoms with Gasteiger partial charge in [-0.15, -0.1) is 5.10 Å². The van der Waals surface area contributed by atoms with Crippen molar-refractivity contribution in [1.29, 1.82) is 0 Å². The number of rotatable bonds is 7. The second kappa shape index (κ2) is 7.43. The molecule has 114 valence electrons. The van der Waals surface area contributed by atoms with E-state index in [1.807, 2.05) is 16.8 Å². The van der Waals surface area contributed by atoms with E-state index in [0.717, 1.165) is 17.9 Å². The number of aromatic nitrogens is 3. The van der Waals surface area contributed by atoms with Crippen LogP contribution in [0.15, 0.2) is 24.3 Å². The van der Waals surface area contributed by atoms with Gasteiger partial charge >= 0.3 is 0 Å². The highest BCUT2D eigenvalue weighted by Gasteiger charge is 2.14. The average Bonchev–Trinajstić information content (AvgIpc) is 2.88. The van der Waals surface area contributed by atoms with Gasteiger partial charge in [-0.1, -0.05) is 30.7 Å². The van der Waals surface area contributed by atoms with Crippen LogP contribution in [0.5, 0.6) is 5.75 Å². The predicted molar refractivity (Wildman–Crippen MR) is 81.6 cm³/mol. The van der Waals surface area contributed by atoms with Crippen molar-refractivity contribution in [3.05, 3.63) is 40.7 Å². The van der Waals surface area contributed by atoms with Crippen molar-refractivity contribution >= 4 is 11.6 Å². The largest absolute Gasteiger partial charge is 0.494 e. The Bertz CT molecular complexity index is 567. The third-order valence-electron chi connectivity index (χ3n) is 3.14. The van der Waals surface area contributed by atoms with E-state index in [2.05, 4.69) is 24.2 Å². The molecule has 2 rings (SSSR count). The number of ether oxygens (including phenoxy) is 1. The van der Waals surface area contributed by atoms with Crippen LogP contribution < -0.4 is 4.74 Å².